The summed E-state index contributed by atoms with van der Waals surface area (Å²) >= 11 is 1.69. The van der Waals surface area contributed by atoms with Gasteiger partial charge in [-0.1, -0.05) is 30.0 Å². The minimum Gasteiger partial charge on any atom is -0.357 e. The van der Waals surface area contributed by atoms with Crippen LogP contribution in [-0.2, 0) is 16.0 Å². The van der Waals surface area contributed by atoms with Crippen LogP contribution in [0.5, 0.6) is 0 Å². The summed E-state index contributed by atoms with van der Waals surface area (Å²) in [6, 6.07) is 11.3. The van der Waals surface area contributed by atoms with Gasteiger partial charge in [0.1, 0.15) is 11.9 Å². The Bertz CT molecular complexity index is 939. The zero-order valence-electron chi connectivity index (χ0n) is 16.6. The van der Waals surface area contributed by atoms with Crippen LogP contribution in [0.4, 0.5) is 0 Å². The van der Waals surface area contributed by atoms with Crippen LogP contribution in [0.3, 0.4) is 0 Å². The number of carbonyl (C=O) groups is 2. The van der Waals surface area contributed by atoms with E-state index < -0.39 is 6.04 Å². The molecule has 0 radical (unpaired) electrons. The smallest absolute Gasteiger partial charge is 0.242 e. The molecule has 0 bridgehead atoms. The van der Waals surface area contributed by atoms with Crippen molar-refractivity contribution in [2.45, 2.75) is 19.4 Å². The van der Waals surface area contributed by atoms with Gasteiger partial charge in [-0.25, -0.2) is 0 Å². The molecule has 1 unspecified atom stereocenters. The van der Waals surface area contributed by atoms with Gasteiger partial charge >= 0.3 is 0 Å². The van der Waals surface area contributed by atoms with Crippen molar-refractivity contribution >= 4 is 29.0 Å². The lowest BCUT2D eigenvalue weighted by Crippen LogP contribution is -2.46. The Balaban J connectivity index is 1.59. The quantitative estimate of drug-likeness (QED) is 0.714. The third kappa shape index (κ3) is 5.69. The molecule has 1 aromatic heterocycles. The van der Waals surface area contributed by atoms with E-state index in [4.69, 9.17) is 0 Å². The monoisotopic (exact) mass is 408 g/mol. The number of benzene rings is 1. The third-order valence-corrected chi connectivity index (χ3v) is 5.38. The predicted octanol–water partition coefficient (Wildman–Crippen LogP) is 1.66. The van der Waals surface area contributed by atoms with Crippen molar-refractivity contribution in [2.75, 3.05) is 26.7 Å². The van der Waals surface area contributed by atoms with Crippen molar-refractivity contribution in [3.63, 3.8) is 0 Å². The average molecular weight is 409 g/mol. The van der Waals surface area contributed by atoms with Gasteiger partial charge in [0.05, 0.1) is 18.0 Å². The fourth-order valence-electron chi connectivity index (χ4n) is 3.10. The number of carbonyl (C=O) groups excluding carboxylic acids is 2. The normalized spacial score (nSPS) is 13.9. The van der Waals surface area contributed by atoms with Crippen LogP contribution < -0.4 is 10.6 Å². The van der Waals surface area contributed by atoms with E-state index >= 15 is 0 Å². The Kier molecular flexibility index (Phi) is 7.04. The molecule has 2 aromatic rings. The van der Waals surface area contributed by atoms with E-state index in [1.54, 1.807) is 18.4 Å². The van der Waals surface area contributed by atoms with Crippen LogP contribution in [0.15, 0.2) is 46.8 Å². The van der Waals surface area contributed by atoms with Crippen molar-refractivity contribution in [1.82, 2.24) is 15.5 Å². The van der Waals surface area contributed by atoms with Gasteiger partial charge < -0.3 is 15.5 Å². The molecule has 3 rings (SSSR count). The molecule has 0 saturated carbocycles. The first-order valence-electron chi connectivity index (χ1n) is 9.46. The van der Waals surface area contributed by atoms with Crippen LogP contribution in [0, 0.1) is 11.8 Å². The number of amides is 2. The molecule has 7 heteroatoms. The lowest BCUT2D eigenvalue weighted by atomic mass is 10.0. The maximum Gasteiger partial charge on any atom is 0.242 e. The molecule has 2 heterocycles. The Morgan fingerprint density at radius 3 is 2.72 bits per heavy atom. The van der Waals surface area contributed by atoms with Crippen LogP contribution in [0.1, 0.15) is 22.9 Å². The minimum absolute atomic E-state index is 0.210. The number of aliphatic imine (C=N–C) groups is 1. The third-order valence-electron chi connectivity index (χ3n) is 4.51. The highest BCUT2D eigenvalue weighted by Gasteiger charge is 2.19. The summed E-state index contributed by atoms with van der Waals surface area (Å²) in [6.07, 6.45) is 0.432. The molecular formula is C22H24N4O2S. The molecule has 1 aliphatic rings. The van der Waals surface area contributed by atoms with Crippen molar-refractivity contribution < 1.29 is 9.59 Å². The van der Waals surface area contributed by atoms with Crippen LogP contribution >= 0.6 is 11.3 Å². The Hall–Kier alpha value is -3.11. The SMILES string of the molecule is CNC(=O)C(Cc1ccc(C#CCN2CCN=C2c2cccs2)cc1)NC(C)=O. The summed E-state index contributed by atoms with van der Waals surface area (Å²) in [5, 5.41) is 7.32. The first-order valence-corrected chi connectivity index (χ1v) is 10.3. The van der Waals surface area contributed by atoms with Gasteiger partial charge in [0.25, 0.3) is 0 Å². The molecular weight excluding hydrogens is 384 g/mol. The molecule has 1 atom stereocenters. The number of rotatable bonds is 6. The molecule has 1 aliphatic heterocycles. The fourth-order valence-corrected chi connectivity index (χ4v) is 3.86. The highest BCUT2D eigenvalue weighted by Crippen LogP contribution is 2.16. The van der Waals surface area contributed by atoms with E-state index in [2.05, 4.69) is 43.8 Å². The molecule has 0 saturated heterocycles. The lowest BCUT2D eigenvalue weighted by Gasteiger charge is -2.16. The summed E-state index contributed by atoms with van der Waals surface area (Å²) < 4.78 is 0. The van der Waals surface area contributed by atoms with E-state index in [0.717, 1.165) is 30.1 Å². The molecule has 2 N–H and O–H groups in total. The zero-order valence-corrected chi connectivity index (χ0v) is 17.4. The number of likely N-dealkylation sites (N-methyl/N-ethyl adjacent to an activating group) is 1. The summed E-state index contributed by atoms with van der Waals surface area (Å²) in [4.78, 5) is 31.2. The van der Waals surface area contributed by atoms with Crippen LogP contribution in [-0.4, -0.2) is 55.3 Å². The molecule has 29 heavy (non-hydrogen) atoms. The van der Waals surface area contributed by atoms with Crippen molar-refractivity contribution in [3.8, 4) is 11.8 Å². The zero-order chi connectivity index (χ0) is 20.6. The summed E-state index contributed by atoms with van der Waals surface area (Å²) in [5.74, 6) is 7.01. The Labute approximate surface area is 175 Å². The maximum atomic E-state index is 11.9. The molecule has 6 nitrogen and oxygen atoms in total. The van der Waals surface area contributed by atoms with Gasteiger partial charge in [0.15, 0.2) is 0 Å². The number of hydrogen-bond donors (Lipinski definition) is 2. The fraction of sp³-hybridized carbons (Fsp3) is 0.318. The molecule has 0 aliphatic carbocycles. The highest BCUT2D eigenvalue weighted by molar-refractivity contribution is 7.12. The Morgan fingerprint density at radius 2 is 2.07 bits per heavy atom. The minimum atomic E-state index is -0.584. The van der Waals surface area contributed by atoms with Gasteiger partial charge in [-0.2, -0.15) is 0 Å². The topological polar surface area (TPSA) is 73.8 Å². The second kappa shape index (κ2) is 9.89. The van der Waals surface area contributed by atoms with E-state index in [-0.39, 0.29) is 11.8 Å². The number of nitrogens with zero attached hydrogens (tertiary/aromatic N) is 2. The van der Waals surface area contributed by atoms with Gasteiger partial charge in [-0.05, 0) is 29.1 Å². The first kappa shape index (κ1) is 20.6. The Morgan fingerprint density at radius 1 is 1.28 bits per heavy atom. The van der Waals surface area contributed by atoms with Gasteiger partial charge in [0.2, 0.25) is 11.8 Å². The second-order valence-electron chi connectivity index (χ2n) is 6.67. The van der Waals surface area contributed by atoms with Gasteiger partial charge in [0, 0.05) is 32.5 Å². The molecule has 150 valence electrons. The molecule has 0 fully saturated rings. The van der Waals surface area contributed by atoms with E-state index in [1.807, 2.05) is 30.3 Å². The lowest BCUT2D eigenvalue weighted by molar-refractivity contribution is -0.127. The average Bonchev–Trinajstić information content (AvgIpc) is 3.39. The highest BCUT2D eigenvalue weighted by atomic mass is 32.1. The van der Waals surface area contributed by atoms with E-state index in [1.165, 1.54) is 11.8 Å². The van der Waals surface area contributed by atoms with E-state index in [9.17, 15) is 9.59 Å². The summed E-state index contributed by atoms with van der Waals surface area (Å²) in [5.41, 5.74) is 1.88. The van der Waals surface area contributed by atoms with Crippen molar-refractivity contribution in [3.05, 3.63) is 57.8 Å². The maximum absolute atomic E-state index is 11.9. The number of hydrogen-bond acceptors (Lipinski definition) is 5. The molecule has 1 aromatic carbocycles. The van der Waals surface area contributed by atoms with Crippen molar-refractivity contribution in [1.29, 1.82) is 0 Å². The molecule has 0 spiro atoms. The summed E-state index contributed by atoms with van der Waals surface area (Å²) in [7, 11) is 1.56. The standard InChI is InChI=1S/C22H24N4O2S/c1-16(27)25-19(22(28)23-2)15-18-9-7-17(8-10-18)5-3-12-26-13-11-24-21(26)20-6-4-14-29-20/h4,6-10,14,19H,11-13,15H2,1-2H3,(H,23,28)(H,25,27). The number of thiophene rings is 1. The second-order valence-corrected chi connectivity index (χ2v) is 7.62. The predicted molar refractivity (Wildman–Crippen MR) is 116 cm³/mol. The van der Waals surface area contributed by atoms with E-state index in [0.29, 0.717) is 13.0 Å². The number of amidine groups is 1. The van der Waals surface area contributed by atoms with Crippen LogP contribution in [0.25, 0.3) is 0 Å². The summed E-state index contributed by atoms with van der Waals surface area (Å²) in [6.45, 7) is 3.75. The number of nitrogens with one attached hydrogen (secondary N) is 2. The van der Waals surface area contributed by atoms with Crippen molar-refractivity contribution in [2.24, 2.45) is 4.99 Å². The van der Waals surface area contributed by atoms with Crippen LogP contribution in [0.2, 0.25) is 0 Å². The molecule has 2 amide bonds. The van der Waals surface area contributed by atoms with Gasteiger partial charge in [-0.3, -0.25) is 14.6 Å². The first-order chi connectivity index (χ1) is 14.1. The largest absolute Gasteiger partial charge is 0.357 e. The van der Waals surface area contributed by atoms with Gasteiger partial charge in [-0.15, -0.1) is 11.3 Å².